The van der Waals surface area contributed by atoms with Crippen LogP contribution in [0.4, 0.5) is 4.39 Å². The van der Waals surface area contributed by atoms with E-state index in [1.165, 1.54) is 0 Å². The molecule has 0 fully saturated rings. The number of carbonyl (C=O) groups excluding carboxylic acids is 1. The third-order valence-corrected chi connectivity index (χ3v) is 6.59. The maximum Gasteiger partial charge on any atom is 0.251 e. The number of aromatic nitrogens is 3. The van der Waals surface area contributed by atoms with E-state index in [2.05, 4.69) is 20.2 Å². The SMILES string of the molecule is O=C(NCCc1nnc2ccccn12)c1ccc(CNS(=O)(=O)c2ccc(F)c(Cl)c2)cc1. The summed E-state index contributed by atoms with van der Waals surface area (Å²) < 4.78 is 42.3. The highest BCUT2D eigenvalue weighted by molar-refractivity contribution is 7.89. The zero-order valence-electron chi connectivity index (χ0n) is 17.2. The molecule has 4 aromatic rings. The van der Waals surface area contributed by atoms with Crippen LogP contribution < -0.4 is 10.0 Å². The summed E-state index contributed by atoms with van der Waals surface area (Å²) in [7, 11) is -3.87. The lowest BCUT2D eigenvalue weighted by molar-refractivity contribution is 0.0954. The molecule has 0 aliphatic carbocycles. The van der Waals surface area contributed by atoms with Crippen molar-refractivity contribution in [1.29, 1.82) is 0 Å². The Morgan fingerprint density at radius 2 is 1.85 bits per heavy atom. The number of halogens is 2. The summed E-state index contributed by atoms with van der Waals surface area (Å²) in [5.74, 6) is -0.202. The first kappa shape index (κ1) is 22.8. The molecule has 0 saturated heterocycles. The van der Waals surface area contributed by atoms with Crippen molar-refractivity contribution in [3.05, 3.63) is 94.7 Å². The summed E-state index contributed by atoms with van der Waals surface area (Å²) in [6, 6.07) is 15.3. The highest BCUT2D eigenvalue weighted by Crippen LogP contribution is 2.19. The van der Waals surface area contributed by atoms with Gasteiger partial charge in [-0.2, -0.15) is 0 Å². The Labute approximate surface area is 194 Å². The molecule has 11 heteroatoms. The molecule has 170 valence electrons. The van der Waals surface area contributed by atoms with E-state index in [0.29, 0.717) is 24.1 Å². The number of pyridine rings is 1. The minimum absolute atomic E-state index is 0.000809. The van der Waals surface area contributed by atoms with Gasteiger partial charge in [0, 0.05) is 31.3 Å². The molecule has 0 atom stereocenters. The Kier molecular flexibility index (Phi) is 6.68. The molecule has 0 unspecified atom stereocenters. The van der Waals surface area contributed by atoms with Crippen LogP contribution in [0.15, 0.2) is 71.8 Å². The van der Waals surface area contributed by atoms with Gasteiger partial charge in [0.15, 0.2) is 5.65 Å². The molecule has 2 N–H and O–H groups in total. The summed E-state index contributed by atoms with van der Waals surface area (Å²) in [6.45, 7) is 0.384. The van der Waals surface area contributed by atoms with Crippen molar-refractivity contribution in [2.45, 2.75) is 17.9 Å². The van der Waals surface area contributed by atoms with Crippen molar-refractivity contribution in [3.8, 4) is 0 Å². The molecule has 2 aromatic heterocycles. The van der Waals surface area contributed by atoms with Crippen LogP contribution in [-0.2, 0) is 23.0 Å². The number of benzene rings is 2. The molecule has 0 saturated carbocycles. The summed E-state index contributed by atoms with van der Waals surface area (Å²) in [5.41, 5.74) is 1.84. The van der Waals surface area contributed by atoms with Gasteiger partial charge in [0.2, 0.25) is 10.0 Å². The van der Waals surface area contributed by atoms with Crippen molar-refractivity contribution >= 4 is 33.2 Å². The predicted octanol–water partition coefficient (Wildman–Crippen LogP) is 2.97. The number of rotatable bonds is 8. The summed E-state index contributed by atoms with van der Waals surface area (Å²) in [4.78, 5) is 12.3. The Bertz CT molecular complexity index is 1410. The summed E-state index contributed by atoms with van der Waals surface area (Å²) in [5, 5.41) is 10.8. The standard InChI is InChI=1S/C22H19ClFN5O3S/c23-18-13-17(8-9-19(18)24)33(31,32)26-14-15-4-6-16(7-5-15)22(30)25-11-10-21-28-27-20-3-1-2-12-29(20)21/h1-9,12-13,26H,10-11,14H2,(H,25,30). The molecule has 33 heavy (non-hydrogen) atoms. The van der Waals surface area contributed by atoms with Gasteiger partial charge in [0.1, 0.15) is 11.6 Å². The summed E-state index contributed by atoms with van der Waals surface area (Å²) >= 11 is 5.66. The molecule has 0 aliphatic rings. The second-order valence-electron chi connectivity index (χ2n) is 7.15. The number of carbonyl (C=O) groups is 1. The number of amides is 1. The number of hydrogen-bond acceptors (Lipinski definition) is 5. The molecule has 0 bridgehead atoms. The second kappa shape index (κ2) is 9.65. The van der Waals surface area contributed by atoms with Gasteiger partial charge in [0.05, 0.1) is 9.92 Å². The van der Waals surface area contributed by atoms with Crippen LogP contribution in [0.3, 0.4) is 0 Å². The first-order valence-electron chi connectivity index (χ1n) is 9.94. The molecular weight excluding hydrogens is 469 g/mol. The fraction of sp³-hybridized carbons (Fsp3) is 0.136. The normalized spacial score (nSPS) is 11.6. The maximum atomic E-state index is 13.3. The smallest absolute Gasteiger partial charge is 0.251 e. The zero-order chi connectivity index (χ0) is 23.4. The average Bonchev–Trinajstić information content (AvgIpc) is 3.23. The molecule has 0 spiro atoms. The third-order valence-electron chi connectivity index (χ3n) is 4.90. The number of sulfonamides is 1. The first-order valence-corrected chi connectivity index (χ1v) is 11.8. The second-order valence-corrected chi connectivity index (χ2v) is 9.32. The fourth-order valence-corrected chi connectivity index (χ4v) is 4.42. The number of nitrogens with one attached hydrogen (secondary N) is 2. The number of fused-ring (bicyclic) bond motifs is 1. The van der Waals surface area contributed by atoms with E-state index in [0.717, 1.165) is 29.7 Å². The molecular formula is C22H19ClFN5O3S. The predicted molar refractivity (Wildman–Crippen MR) is 121 cm³/mol. The van der Waals surface area contributed by atoms with E-state index >= 15 is 0 Å². The largest absolute Gasteiger partial charge is 0.352 e. The van der Waals surface area contributed by atoms with Gasteiger partial charge in [-0.1, -0.05) is 29.8 Å². The van der Waals surface area contributed by atoms with Crippen molar-refractivity contribution in [2.24, 2.45) is 0 Å². The highest BCUT2D eigenvalue weighted by Gasteiger charge is 2.16. The minimum atomic E-state index is -3.87. The molecule has 8 nitrogen and oxygen atoms in total. The quantitative estimate of drug-likeness (QED) is 0.397. The van der Waals surface area contributed by atoms with Crippen LogP contribution >= 0.6 is 11.6 Å². The van der Waals surface area contributed by atoms with Crippen LogP contribution in [0.2, 0.25) is 5.02 Å². The molecule has 2 heterocycles. The lowest BCUT2D eigenvalue weighted by atomic mass is 10.1. The van der Waals surface area contributed by atoms with Crippen molar-refractivity contribution in [2.75, 3.05) is 6.54 Å². The van der Waals surface area contributed by atoms with E-state index in [1.807, 2.05) is 28.8 Å². The Morgan fingerprint density at radius 3 is 2.61 bits per heavy atom. The van der Waals surface area contributed by atoms with Crippen molar-refractivity contribution < 1.29 is 17.6 Å². The zero-order valence-corrected chi connectivity index (χ0v) is 18.8. The fourth-order valence-electron chi connectivity index (χ4n) is 3.13. The molecule has 2 aromatic carbocycles. The highest BCUT2D eigenvalue weighted by atomic mass is 35.5. The van der Waals surface area contributed by atoms with E-state index in [1.54, 1.807) is 24.3 Å². The minimum Gasteiger partial charge on any atom is -0.352 e. The molecule has 0 aliphatic heterocycles. The first-order chi connectivity index (χ1) is 15.8. The average molecular weight is 488 g/mol. The van der Waals surface area contributed by atoms with Gasteiger partial charge in [-0.25, -0.2) is 17.5 Å². The van der Waals surface area contributed by atoms with Gasteiger partial charge in [-0.15, -0.1) is 10.2 Å². The Morgan fingerprint density at radius 1 is 1.06 bits per heavy atom. The van der Waals surface area contributed by atoms with Gasteiger partial charge in [-0.05, 0) is 48.0 Å². The third kappa shape index (κ3) is 5.36. The Hall–Kier alpha value is -3.34. The Balaban J connectivity index is 1.31. The lowest BCUT2D eigenvalue weighted by Gasteiger charge is -2.09. The van der Waals surface area contributed by atoms with Gasteiger partial charge in [0.25, 0.3) is 5.91 Å². The van der Waals surface area contributed by atoms with Crippen molar-refractivity contribution in [3.63, 3.8) is 0 Å². The van der Waals surface area contributed by atoms with Gasteiger partial charge >= 0.3 is 0 Å². The van der Waals surface area contributed by atoms with Gasteiger partial charge in [-0.3, -0.25) is 9.20 Å². The monoisotopic (exact) mass is 487 g/mol. The topological polar surface area (TPSA) is 105 Å². The molecule has 4 rings (SSSR count). The van der Waals surface area contributed by atoms with Crippen LogP contribution in [0, 0.1) is 5.82 Å². The van der Waals surface area contributed by atoms with Crippen LogP contribution in [0.5, 0.6) is 0 Å². The van der Waals surface area contributed by atoms with E-state index in [9.17, 15) is 17.6 Å². The van der Waals surface area contributed by atoms with Crippen LogP contribution in [0.25, 0.3) is 5.65 Å². The maximum absolute atomic E-state index is 13.3. The number of nitrogens with zero attached hydrogens (tertiary/aromatic N) is 3. The van der Waals surface area contributed by atoms with Crippen LogP contribution in [0.1, 0.15) is 21.7 Å². The van der Waals surface area contributed by atoms with E-state index in [-0.39, 0.29) is 22.4 Å². The van der Waals surface area contributed by atoms with Crippen LogP contribution in [-0.4, -0.2) is 35.5 Å². The number of hydrogen-bond donors (Lipinski definition) is 2. The molecule has 1 amide bonds. The van der Waals surface area contributed by atoms with E-state index in [4.69, 9.17) is 11.6 Å². The van der Waals surface area contributed by atoms with E-state index < -0.39 is 15.8 Å². The molecule has 0 radical (unpaired) electrons. The van der Waals surface area contributed by atoms with Crippen molar-refractivity contribution in [1.82, 2.24) is 24.6 Å². The summed E-state index contributed by atoms with van der Waals surface area (Å²) in [6.07, 6.45) is 2.38. The van der Waals surface area contributed by atoms with Gasteiger partial charge < -0.3 is 5.32 Å². The lowest BCUT2D eigenvalue weighted by Crippen LogP contribution is -2.26.